The van der Waals surface area contributed by atoms with Gasteiger partial charge in [-0.25, -0.2) is 4.68 Å². The van der Waals surface area contributed by atoms with E-state index in [0.29, 0.717) is 29.7 Å². The van der Waals surface area contributed by atoms with Gasteiger partial charge in [0.2, 0.25) is 0 Å². The predicted octanol–water partition coefficient (Wildman–Crippen LogP) is 4.07. The first kappa shape index (κ1) is 24.7. The SMILES string of the molecule is Cc1ccccc1Oc1cnn([C@@H](CC2CCCC2)C(=O)Nc2ccn(CC(C)(C)O)n2)c(=O)c1. The first-order chi connectivity index (χ1) is 16.7. The van der Waals surface area contributed by atoms with Crippen molar-refractivity contribution in [3.8, 4) is 11.5 Å². The summed E-state index contributed by atoms with van der Waals surface area (Å²) in [4.78, 5) is 26.4. The second-order valence-corrected chi connectivity index (χ2v) is 9.94. The number of para-hydroxylation sites is 1. The van der Waals surface area contributed by atoms with Gasteiger partial charge in [0.05, 0.1) is 18.3 Å². The van der Waals surface area contributed by atoms with Gasteiger partial charge in [0.25, 0.3) is 11.5 Å². The molecule has 0 spiro atoms. The van der Waals surface area contributed by atoms with E-state index in [4.69, 9.17) is 4.74 Å². The number of rotatable bonds is 9. The summed E-state index contributed by atoms with van der Waals surface area (Å²) in [7, 11) is 0. The molecule has 1 atom stereocenters. The predicted molar refractivity (Wildman–Crippen MR) is 133 cm³/mol. The van der Waals surface area contributed by atoms with Crippen LogP contribution in [0.1, 0.15) is 57.6 Å². The molecular formula is C26H33N5O4. The molecule has 0 bridgehead atoms. The van der Waals surface area contributed by atoms with Gasteiger partial charge in [-0.2, -0.15) is 10.2 Å². The van der Waals surface area contributed by atoms with Gasteiger partial charge < -0.3 is 15.2 Å². The molecule has 1 saturated carbocycles. The van der Waals surface area contributed by atoms with Crippen LogP contribution in [0.25, 0.3) is 0 Å². The van der Waals surface area contributed by atoms with E-state index in [1.807, 2.05) is 31.2 Å². The topological polar surface area (TPSA) is 111 Å². The highest BCUT2D eigenvalue weighted by molar-refractivity contribution is 5.92. The minimum atomic E-state index is -0.933. The van der Waals surface area contributed by atoms with Crippen molar-refractivity contribution < 1.29 is 14.6 Å². The molecule has 0 radical (unpaired) electrons. The Labute approximate surface area is 204 Å². The van der Waals surface area contributed by atoms with Crippen LogP contribution in [0.4, 0.5) is 5.82 Å². The van der Waals surface area contributed by atoms with Crippen LogP contribution in [0.3, 0.4) is 0 Å². The molecule has 0 aliphatic heterocycles. The number of aliphatic hydroxyl groups is 1. The number of nitrogens with zero attached hydrogens (tertiary/aromatic N) is 4. The van der Waals surface area contributed by atoms with Gasteiger partial charge in [-0.05, 0) is 44.7 Å². The van der Waals surface area contributed by atoms with Gasteiger partial charge >= 0.3 is 0 Å². The maximum Gasteiger partial charge on any atom is 0.271 e. The summed E-state index contributed by atoms with van der Waals surface area (Å²) in [5.74, 6) is 1.35. The fraction of sp³-hybridized carbons (Fsp3) is 0.462. The summed E-state index contributed by atoms with van der Waals surface area (Å²) >= 11 is 0. The molecule has 2 heterocycles. The summed E-state index contributed by atoms with van der Waals surface area (Å²) in [5, 5.41) is 21.5. The fourth-order valence-electron chi connectivity index (χ4n) is 4.49. The van der Waals surface area contributed by atoms with E-state index in [-0.39, 0.29) is 12.5 Å². The van der Waals surface area contributed by atoms with Gasteiger partial charge in [0, 0.05) is 18.3 Å². The smallest absolute Gasteiger partial charge is 0.271 e. The third-order valence-electron chi connectivity index (χ3n) is 6.19. The number of carbonyl (C=O) groups is 1. The number of hydrogen-bond donors (Lipinski definition) is 2. The van der Waals surface area contributed by atoms with E-state index in [2.05, 4.69) is 15.5 Å². The number of aryl methyl sites for hydroxylation is 1. The van der Waals surface area contributed by atoms with Crippen LogP contribution < -0.4 is 15.6 Å². The zero-order valence-electron chi connectivity index (χ0n) is 20.5. The van der Waals surface area contributed by atoms with Crippen LogP contribution in [-0.4, -0.2) is 36.2 Å². The van der Waals surface area contributed by atoms with Crippen LogP contribution in [0.5, 0.6) is 11.5 Å². The molecule has 0 saturated heterocycles. The van der Waals surface area contributed by atoms with Crippen molar-refractivity contribution in [2.45, 2.75) is 71.1 Å². The molecule has 2 N–H and O–H groups in total. The number of hydrogen-bond acceptors (Lipinski definition) is 6. The number of nitrogens with one attached hydrogen (secondary N) is 1. The van der Waals surface area contributed by atoms with Crippen LogP contribution in [0, 0.1) is 12.8 Å². The fourth-order valence-corrected chi connectivity index (χ4v) is 4.49. The van der Waals surface area contributed by atoms with Crippen molar-refractivity contribution in [3.63, 3.8) is 0 Å². The van der Waals surface area contributed by atoms with E-state index in [0.717, 1.165) is 31.2 Å². The third-order valence-corrected chi connectivity index (χ3v) is 6.19. The maximum atomic E-state index is 13.3. The van der Waals surface area contributed by atoms with E-state index in [1.54, 1.807) is 30.8 Å². The highest BCUT2D eigenvalue weighted by Gasteiger charge is 2.29. The summed E-state index contributed by atoms with van der Waals surface area (Å²) in [5.41, 5.74) is -0.390. The molecule has 35 heavy (non-hydrogen) atoms. The Morgan fingerprint density at radius 2 is 2.00 bits per heavy atom. The molecule has 1 aliphatic rings. The number of amides is 1. The largest absolute Gasteiger partial charge is 0.455 e. The number of ether oxygens (including phenoxy) is 1. The van der Waals surface area contributed by atoms with E-state index in [9.17, 15) is 14.7 Å². The van der Waals surface area contributed by atoms with Crippen molar-refractivity contribution in [1.29, 1.82) is 0 Å². The number of carbonyl (C=O) groups excluding carboxylic acids is 1. The number of anilines is 1. The van der Waals surface area contributed by atoms with E-state index in [1.165, 1.54) is 16.9 Å². The lowest BCUT2D eigenvalue weighted by molar-refractivity contribution is -0.120. The molecular weight excluding hydrogens is 446 g/mol. The molecule has 1 aliphatic carbocycles. The lowest BCUT2D eigenvalue weighted by atomic mass is 9.98. The number of aromatic nitrogens is 4. The van der Waals surface area contributed by atoms with Crippen molar-refractivity contribution >= 4 is 11.7 Å². The average Bonchev–Trinajstić information content (AvgIpc) is 3.45. The van der Waals surface area contributed by atoms with Gasteiger partial charge in [-0.15, -0.1) is 0 Å². The lowest BCUT2D eigenvalue weighted by Gasteiger charge is -2.21. The van der Waals surface area contributed by atoms with Crippen molar-refractivity contribution in [1.82, 2.24) is 19.6 Å². The van der Waals surface area contributed by atoms with Crippen LogP contribution in [0.15, 0.2) is 53.6 Å². The van der Waals surface area contributed by atoms with Crippen molar-refractivity contribution in [3.05, 3.63) is 64.7 Å². The minimum Gasteiger partial charge on any atom is -0.455 e. The Morgan fingerprint density at radius 1 is 1.26 bits per heavy atom. The van der Waals surface area contributed by atoms with Crippen LogP contribution >= 0.6 is 0 Å². The maximum absolute atomic E-state index is 13.3. The first-order valence-corrected chi connectivity index (χ1v) is 12.1. The summed E-state index contributed by atoms with van der Waals surface area (Å²) in [6.07, 6.45) is 8.03. The monoisotopic (exact) mass is 479 g/mol. The average molecular weight is 480 g/mol. The summed E-state index contributed by atoms with van der Waals surface area (Å²) in [6.45, 7) is 5.59. The summed E-state index contributed by atoms with van der Waals surface area (Å²) in [6, 6.07) is 9.80. The first-order valence-electron chi connectivity index (χ1n) is 12.1. The number of benzene rings is 1. The van der Waals surface area contributed by atoms with Crippen LogP contribution in [-0.2, 0) is 11.3 Å². The standard InChI is InChI=1S/C26H33N5O4/c1-18-8-4-7-11-22(18)35-20-15-24(32)31(27-16-20)21(14-19-9-5-6-10-19)25(33)28-23-12-13-30(29-23)17-26(2,3)34/h4,7-8,11-13,15-16,19,21,34H,5-6,9-10,14,17H2,1-3H3,(H,28,29,33)/t21-/m0/s1. The Morgan fingerprint density at radius 3 is 2.69 bits per heavy atom. The second kappa shape index (κ2) is 10.4. The molecule has 186 valence electrons. The van der Waals surface area contributed by atoms with Crippen molar-refractivity contribution in [2.24, 2.45) is 5.92 Å². The van der Waals surface area contributed by atoms with Gasteiger partial charge in [-0.3, -0.25) is 14.3 Å². The lowest BCUT2D eigenvalue weighted by Crippen LogP contribution is -2.36. The Bertz CT molecular complexity index is 1220. The molecule has 1 aromatic carbocycles. The molecule has 2 aromatic heterocycles. The Balaban J connectivity index is 1.54. The highest BCUT2D eigenvalue weighted by Crippen LogP contribution is 2.32. The van der Waals surface area contributed by atoms with Gasteiger partial charge in [0.15, 0.2) is 11.6 Å². The van der Waals surface area contributed by atoms with Gasteiger partial charge in [-0.1, -0.05) is 43.9 Å². The highest BCUT2D eigenvalue weighted by atomic mass is 16.5. The molecule has 3 aromatic rings. The minimum absolute atomic E-state index is 0.289. The zero-order chi connectivity index (χ0) is 25.0. The molecule has 1 amide bonds. The van der Waals surface area contributed by atoms with Gasteiger partial charge in [0.1, 0.15) is 11.8 Å². The normalized spacial score (nSPS) is 15.2. The zero-order valence-corrected chi connectivity index (χ0v) is 20.5. The van der Waals surface area contributed by atoms with E-state index >= 15 is 0 Å². The molecule has 1 fully saturated rings. The molecule has 9 heteroatoms. The van der Waals surface area contributed by atoms with Crippen molar-refractivity contribution in [2.75, 3.05) is 5.32 Å². The quantitative estimate of drug-likeness (QED) is 0.479. The summed E-state index contributed by atoms with van der Waals surface area (Å²) < 4.78 is 8.66. The molecule has 4 rings (SSSR count). The van der Waals surface area contributed by atoms with E-state index < -0.39 is 17.2 Å². The Kier molecular flexibility index (Phi) is 7.35. The molecule has 0 unspecified atom stereocenters. The molecule has 9 nitrogen and oxygen atoms in total. The Hall–Kier alpha value is -3.46. The third kappa shape index (κ3) is 6.57. The van der Waals surface area contributed by atoms with Crippen LogP contribution in [0.2, 0.25) is 0 Å². The second-order valence-electron chi connectivity index (χ2n) is 9.94.